The molecule has 4 aliphatic rings. The van der Waals surface area contributed by atoms with E-state index in [9.17, 15) is 14.4 Å². The van der Waals surface area contributed by atoms with Gasteiger partial charge in [-0.25, -0.2) is 10.2 Å². The van der Waals surface area contributed by atoms with E-state index < -0.39 is 17.9 Å². The zero-order chi connectivity index (χ0) is 31.6. The fourth-order valence-corrected chi connectivity index (χ4v) is 8.11. The van der Waals surface area contributed by atoms with Crippen molar-refractivity contribution in [1.82, 2.24) is 21.1 Å². The third-order valence-electron chi connectivity index (χ3n) is 10.8. The molecule has 4 rings (SSSR count). The van der Waals surface area contributed by atoms with E-state index in [4.69, 9.17) is 22.2 Å². The lowest BCUT2D eigenvalue weighted by atomic mass is 9.78. The smallest absolute Gasteiger partial charge is 0.330 e. The lowest BCUT2D eigenvalue weighted by Gasteiger charge is -2.45. The molecule has 0 radical (unpaired) electrons. The number of carbonyl (C=O) groups excluding carboxylic acids is 3. The summed E-state index contributed by atoms with van der Waals surface area (Å²) in [6, 6.07) is -0.687. The molecule has 14 heteroatoms. The molecule has 14 nitrogen and oxygen atoms in total. The Morgan fingerprint density at radius 3 is 2.34 bits per heavy atom. The third kappa shape index (κ3) is 8.87. The maximum atomic E-state index is 14.4. The largest absolute Gasteiger partial charge is 0.381 e. The Morgan fingerprint density at radius 1 is 1.00 bits per heavy atom. The van der Waals surface area contributed by atoms with Gasteiger partial charge in [0, 0.05) is 32.2 Å². The normalized spacial score (nSPS) is 33.4. The zero-order valence-corrected chi connectivity index (χ0v) is 26.5. The topological polar surface area (TPSA) is 212 Å². The van der Waals surface area contributed by atoms with Crippen LogP contribution in [0.15, 0.2) is 10.3 Å². The van der Waals surface area contributed by atoms with E-state index >= 15 is 0 Å². The second-order valence-electron chi connectivity index (χ2n) is 13.5. The Balaban J connectivity index is 1.52. The first-order valence-electron chi connectivity index (χ1n) is 16.6. The van der Waals surface area contributed by atoms with E-state index in [-0.39, 0.29) is 47.9 Å². The van der Waals surface area contributed by atoms with Crippen LogP contribution in [0.1, 0.15) is 90.4 Å². The number of hydrogen-bond acceptors (Lipinski definition) is 11. The molecule has 2 amide bonds. The van der Waals surface area contributed by atoms with Crippen LogP contribution in [0.2, 0.25) is 0 Å². The van der Waals surface area contributed by atoms with E-state index in [0.29, 0.717) is 50.6 Å². The van der Waals surface area contributed by atoms with Gasteiger partial charge < -0.3 is 26.1 Å². The second kappa shape index (κ2) is 16.8. The van der Waals surface area contributed by atoms with Gasteiger partial charge in [0.1, 0.15) is 0 Å². The van der Waals surface area contributed by atoms with Crippen molar-refractivity contribution in [2.45, 2.75) is 121 Å². The molecule has 250 valence electrons. The number of nitrogens with two attached hydrogens (primary N) is 3. The van der Waals surface area contributed by atoms with Crippen LogP contribution in [-0.2, 0) is 24.0 Å². The third-order valence-corrected chi connectivity index (χ3v) is 10.8. The number of hydrazine groups is 1. The number of nitrogens with one attached hydrogen (secondary N) is 3. The van der Waals surface area contributed by atoms with Gasteiger partial charge >= 0.3 is 5.97 Å². The number of carbonyl (C=O) groups is 3. The molecule has 0 aromatic heterocycles. The van der Waals surface area contributed by atoms with Crippen molar-refractivity contribution in [2.75, 3.05) is 20.2 Å². The van der Waals surface area contributed by atoms with Crippen LogP contribution in [-0.4, -0.2) is 73.3 Å². The Labute approximate surface area is 261 Å². The predicted molar refractivity (Wildman–Crippen MR) is 164 cm³/mol. The molecule has 1 heterocycles. The molecule has 3 aliphatic carbocycles. The van der Waals surface area contributed by atoms with Crippen molar-refractivity contribution >= 4 is 17.8 Å². The molecule has 4 fully saturated rings. The van der Waals surface area contributed by atoms with Crippen LogP contribution >= 0.6 is 0 Å². The molecular weight excluding hydrogens is 566 g/mol. The Kier molecular flexibility index (Phi) is 13.2. The molecule has 1 saturated heterocycles. The van der Waals surface area contributed by atoms with Gasteiger partial charge in [0.05, 0.1) is 24.2 Å². The second-order valence-corrected chi connectivity index (χ2v) is 13.5. The van der Waals surface area contributed by atoms with E-state index in [1.165, 1.54) is 32.1 Å². The Hall–Kier alpha value is -2.39. The Morgan fingerprint density at radius 2 is 1.70 bits per heavy atom. The van der Waals surface area contributed by atoms with Gasteiger partial charge in [0.2, 0.25) is 11.8 Å². The minimum Gasteiger partial charge on any atom is -0.381 e. The van der Waals surface area contributed by atoms with Crippen LogP contribution < -0.4 is 33.6 Å². The average molecular weight is 622 g/mol. The highest BCUT2D eigenvalue weighted by Gasteiger charge is 2.42. The lowest BCUT2D eigenvalue weighted by Crippen LogP contribution is -2.70. The van der Waals surface area contributed by atoms with Gasteiger partial charge in [-0.05, 0) is 88.9 Å². The van der Waals surface area contributed by atoms with Gasteiger partial charge in [0.15, 0.2) is 6.04 Å². The maximum Gasteiger partial charge on any atom is 0.330 e. The molecular formula is C30H55N9O5. The first-order chi connectivity index (χ1) is 21.2. The minimum atomic E-state index is -0.747. The highest BCUT2D eigenvalue weighted by Crippen LogP contribution is 2.35. The number of rotatable bonds is 12. The van der Waals surface area contributed by atoms with Gasteiger partial charge in [-0.1, -0.05) is 24.5 Å². The molecule has 7 atom stereocenters. The fourth-order valence-electron chi connectivity index (χ4n) is 8.11. The van der Waals surface area contributed by atoms with Crippen LogP contribution in [0.3, 0.4) is 0 Å². The molecule has 0 spiro atoms. The molecule has 0 aromatic carbocycles. The number of methoxy groups -OCH3 is 1. The summed E-state index contributed by atoms with van der Waals surface area (Å²) < 4.78 is 5.58. The first kappa shape index (κ1) is 34.5. The number of ether oxygens (including phenoxy) is 1. The molecule has 9 N–H and O–H groups in total. The summed E-state index contributed by atoms with van der Waals surface area (Å²) in [5.41, 5.74) is 12.3. The van der Waals surface area contributed by atoms with E-state index in [1.54, 1.807) is 7.11 Å². The molecule has 5 unspecified atom stereocenters. The van der Waals surface area contributed by atoms with Crippen molar-refractivity contribution in [3.63, 3.8) is 0 Å². The minimum absolute atomic E-state index is 0.0315. The van der Waals surface area contributed by atoms with Crippen LogP contribution in [0.25, 0.3) is 0 Å². The molecule has 3 saturated carbocycles. The highest BCUT2D eigenvalue weighted by molar-refractivity contribution is 5.82. The zero-order valence-electron chi connectivity index (χ0n) is 26.5. The summed E-state index contributed by atoms with van der Waals surface area (Å²) in [4.78, 5) is 45.2. The molecule has 44 heavy (non-hydrogen) atoms. The molecule has 0 bridgehead atoms. The van der Waals surface area contributed by atoms with Gasteiger partial charge in [-0.2, -0.15) is 11.0 Å². The quantitative estimate of drug-likeness (QED) is 0.105. The summed E-state index contributed by atoms with van der Waals surface area (Å²) in [7, 11) is 1.59. The monoisotopic (exact) mass is 621 g/mol. The average Bonchev–Trinajstić information content (AvgIpc) is 3.06. The number of primary amides is 1. The summed E-state index contributed by atoms with van der Waals surface area (Å²) in [6.45, 7) is 3.31. The van der Waals surface area contributed by atoms with Crippen molar-refractivity contribution in [3.8, 4) is 0 Å². The van der Waals surface area contributed by atoms with Crippen LogP contribution in [0.5, 0.6) is 0 Å². The maximum absolute atomic E-state index is 14.4. The summed E-state index contributed by atoms with van der Waals surface area (Å²) >= 11 is 0. The fraction of sp³-hybridized carbons (Fsp3) is 0.900. The van der Waals surface area contributed by atoms with Crippen molar-refractivity contribution in [1.29, 1.82) is 0 Å². The van der Waals surface area contributed by atoms with Crippen molar-refractivity contribution in [3.05, 3.63) is 0 Å². The summed E-state index contributed by atoms with van der Waals surface area (Å²) in [5.74, 6) is 10.2. The number of amides is 2. The van der Waals surface area contributed by atoms with Crippen LogP contribution in [0.4, 0.5) is 0 Å². The predicted octanol–water partition coefficient (Wildman–Crippen LogP) is 1.40. The van der Waals surface area contributed by atoms with Gasteiger partial charge in [-0.15, -0.1) is 0 Å². The highest BCUT2D eigenvalue weighted by atomic mass is 16.7. The SMILES string of the molecule is COC1CCC(CN(C(=O)[C@H](CC2CCC(C(N)=O)CC2)N=NN)C(C)[C@@H]2NNCC(C3CCCCC3)N2)CC1C(=O)ON. The van der Waals surface area contributed by atoms with Gasteiger partial charge in [-0.3, -0.25) is 20.3 Å². The number of nitrogens with zero attached hydrogens (tertiary/aromatic N) is 3. The first-order valence-corrected chi connectivity index (χ1v) is 16.6. The standard InChI is InChI=1S/C30H55N9O5/c1-18(28-35-25(16-34-37-28)21-6-4-3-5-7-21)39(17-20-10-13-26(43-2)23(14-20)30(42)44-33)29(41)24(36-38-32)15-19-8-11-22(12-9-19)27(31)40/h18-26,28,34-35,37H,3-17,33H2,1-2H3,(H2,31,40)(H2,32,36)/t18?,19?,20?,22?,23?,24-,25?,26?,28-/m0/s1. The lowest BCUT2D eigenvalue weighted by molar-refractivity contribution is -0.157. The summed E-state index contributed by atoms with van der Waals surface area (Å²) in [5, 5.41) is 11.6. The van der Waals surface area contributed by atoms with Crippen molar-refractivity contribution in [2.24, 2.45) is 57.4 Å². The van der Waals surface area contributed by atoms with Gasteiger partial charge in [0.25, 0.3) is 0 Å². The van der Waals surface area contributed by atoms with Crippen molar-refractivity contribution < 1.29 is 24.0 Å². The Bertz CT molecular complexity index is 973. The van der Waals surface area contributed by atoms with Crippen LogP contribution in [0, 0.1) is 29.6 Å². The summed E-state index contributed by atoms with van der Waals surface area (Å²) in [6.07, 6.45) is 11.2. The van der Waals surface area contributed by atoms with E-state index in [0.717, 1.165) is 25.8 Å². The molecule has 1 aliphatic heterocycles. The van der Waals surface area contributed by atoms with E-state index in [1.807, 2.05) is 4.90 Å². The molecule has 0 aromatic rings. The number of hydrogen-bond donors (Lipinski definition) is 6. The van der Waals surface area contributed by atoms with E-state index in [2.05, 4.69) is 38.3 Å².